The molecule has 0 N–H and O–H groups in total. The molecule has 276 valence electrons. The second-order valence-corrected chi connectivity index (χ2v) is 17.6. The maximum atomic E-state index is 2.85. The van der Waals surface area contributed by atoms with E-state index in [1.54, 1.807) is 22.2 Å². The second kappa shape index (κ2) is 13.5. The van der Waals surface area contributed by atoms with Gasteiger partial charge in [0.1, 0.15) is 11.2 Å². The first-order valence-electron chi connectivity index (χ1n) is 21.6. The SMILES string of the molecule is CCCCc1ccc2c(c1)c1c(C3CCCCC3)c(-n3c4[n+](c5ccccc53)C(C)(CC)C(C)(CC)c3ccccc3-4)c(C3CCCCC3)cc1n2C. The van der Waals surface area contributed by atoms with Gasteiger partial charge in [-0.3, -0.25) is 0 Å². The summed E-state index contributed by atoms with van der Waals surface area (Å²) in [5.41, 5.74) is 14.7. The quantitative estimate of drug-likeness (QED) is 0.140. The zero-order chi connectivity index (χ0) is 36.5. The number of unbranched alkanes of at least 4 members (excludes halogenated alkanes) is 1. The minimum atomic E-state index is -0.0932. The summed E-state index contributed by atoms with van der Waals surface area (Å²) in [5.74, 6) is 2.52. The molecule has 3 heteroatoms. The van der Waals surface area contributed by atoms with Gasteiger partial charge in [-0.25, -0.2) is 4.57 Å². The number of benzene rings is 4. The van der Waals surface area contributed by atoms with Crippen molar-refractivity contribution in [3.8, 4) is 17.1 Å². The zero-order valence-corrected chi connectivity index (χ0v) is 33.5. The second-order valence-electron chi connectivity index (χ2n) is 17.6. The third-order valence-corrected chi connectivity index (χ3v) is 15.1. The van der Waals surface area contributed by atoms with Crippen LogP contribution >= 0.6 is 0 Å². The number of aromatic nitrogens is 3. The Labute approximate surface area is 318 Å². The van der Waals surface area contributed by atoms with Crippen molar-refractivity contribution in [1.82, 2.24) is 9.13 Å². The van der Waals surface area contributed by atoms with E-state index in [1.807, 2.05) is 0 Å². The molecule has 0 radical (unpaired) electrons. The van der Waals surface area contributed by atoms with Gasteiger partial charge in [-0.2, -0.15) is 4.57 Å². The van der Waals surface area contributed by atoms with Crippen LogP contribution < -0.4 is 4.57 Å². The number of imidazole rings is 1. The Bertz CT molecular complexity index is 2320. The Hall–Kier alpha value is -3.85. The molecule has 2 unspecified atom stereocenters. The van der Waals surface area contributed by atoms with Gasteiger partial charge < -0.3 is 4.57 Å². The number of hydrogen-bond donors (Lipinski definition) is 0. The van der Waals surface area contributed by atoms with E-state index in [1.165, 1.54) is 127 Å². The van der Waals surface area contributed by atoms with Crippen LogP contribution in [0.5, 0.6) is 0 Å². The number of para-hydroxylation sites is 2. The van der Waals surface area contributed by atoms with Gasteiger partial charge in [0.15, 0.2) is 11.0 Å². The monoisotopic (exact) mass is 704 g/mol. The lowest BCUT2D eigenvalue weighted by molar-refractivity contribution is -0.743. The van der Waals surface area contributed by atoms with Crippen molar-refractivity contribution in [2.45, 2.75) is 154 Å². The average molecular weight is 705 g/mol. The Morgan fingerprint density at radius 1 is 0.717 bits per heavy atom. The molecule has 53 heavy (non-hydrogen) atoms. The van der Waals surface area contributed by atoms with Crippen molar-refractivity contribution >= 4 is 32.8 Å². The Morgan fingerprint density at radius 2 is 1.42 bits per heavy atom. The van der Waals surface area contributed by atoms with Crippen LogP contribution in [0, 0.1) is 0 Å². The molecule has 9 rings (SSSR count). The summed E-state index contributed by atoms with van der Waals surface area (Å²) < 4.78 is 8.24. The summed E-state index contributed by atoms with van der Waals surface area (Å²) in [6, 6.07) is 29.2. The number of aryl methyl sites for hydroxylation is 2. The third-order valence-electron chi connectivity index (χ3n) is 15.1. The van der Waals surface area contributed by atoms with Crippen LogP contribution in [0.25, 0.3) is 49.9 Å². The molecular weight excluding hydrogens is 643 g/mol. The van der Waals surface area contributed by atoms with Gasteiger partial charge in [-0.05, 0) is 118 Å². The molecule has 3 heterocycles. The Kier molecular flexibility index (Phi) is 8.87. The van der Waals surface area contributed by atoms with E-state index in [9.17, 15) is 0 Å². The van der Waals surface area contributed by atoms with E-state index < -0.39 is 0 Å². The van der Waals surface area contributed by atoms with E-state index in [0.29, 0.717) is 11.8 Å². The predicted octanol–water partition coefficient (Wildman–Crippen LogP) is 13.5. The summed E-state index contributed by atoms with van der Waals surface area (Å²) in [7, 11) is 2.35. The lowest BCUT2D eigenvalue weighted by Crippen LogP contribution is -2.67. The Balaban J connectivity index is 1.50. The van der Waals surface area contributed by atoms with Crippen LogP contribution in [-0.4, -0.2) is 9.13 Å². The highest BCUT2D eigenvalue weighted by Gasteiger charge is 2.56. The lowest BCUT2D eigenvalue weighted by Gasteiger charge is -2.48. The highest BCUT2D eigenvalue weighted by molar-refractivity contribution is 6.12. The maximum Gasteiger partial charge on any atom is 0.295 e. The van der Waals surface area contributed by atoms with Gasteiger partial charge in [-0.15, -0.1) is 0 Å². The average Bonchev–Trinajstić information content (AvgIpc) is 3.70. The van der Waals surface area contributed by atoms with E-state index in [0.717, 1.165) is 19.3 Å². The molecule has 0 spiro atoms. The zero-order valence-electron chi connectivity index (χ0n) is 33.5. The number of nitrogens with zero attached hydrogens (tertiary/aromatic N) is 3. The fourth-order valence-electron chi connectivity index (χ4n) is 11.7. The van der Waals surface area contributed by atoms with Crippen LogP contribution in [0.3, 0.4) is 0 Å². The molecule has 4 aromatic carbocycles. The third kappa shape index (κ3) is 5.08. The van der Waals surface area contributed by atoms with Gasteiger partial charge in [0.05, 0.1) is 5.56 Å². The molecule has 2 saturated carbocycles. The van der Waals surface area contributed by atoms with Crippen molar-refractivity contribution in [1.29, 1.82) is 0 Å². The fraction of sp³-hybridized carbons (Fsp3) is 0.500. The molecule has 3 nitrogen and oxygen atoms in total. The van der Waals surface area contributed by atoms with Crippen molar-refractivity contribution in [3.05, 3.63) is 95.1 Å². The highest BCUT2D eigenvalue weighted by atomic mass is 15.2. The molecule has 2 aromatic heterocycles. The van der Waals surface area contributed by atoms with Gasteiger partial charge in [0.2, 0.25) is 0 Å². The maximum absolute atomic E-state index is 2.85. The summed E-state index contributed by atoms with van der Waals surface area (Å²) in [5, 5.41) is 3.02. The smallest absolute Gasteiger partial charge is 0.295 e. The van der Waals surface area contributed by atoms with Gasteiger partial charge in [0, 0.05) is 45.4 Å². The lowest BCUT2D eigenvalue weighted by atomic mass is 9.61. The van der Waals surface area contributed by atoms with Gasteiger partial charge in [-0.1, -0.05) is 109 Å². The summed E-state index contributed by atoms with van der Waals surface area (Å²) in [6.07, 6.45) is 19.0. The van der Waals surface area contributed by atoms with Crippen molar-refractivity contribution < 1.29 is 4.57 Å². The van der Waals surface area contributed by atoms with Crippen molar-refractivity contribution in [2.24, 2.45) is 7.05 Å². The molecular formula is C50H62N3+. The van der Waals surface area contributed by atoms with Crippen molar-refractivity contribution in [2.75, 3.05) is 0 Å². The molecule has 2 aliphatic carbocycles. The highest BCUT2D eigenvalue weighted by Crippen LogP contribution is 2.54. The fourth-order valence-corrected chi connectivity index (χ4v) is 11.7. The first kappa shape index (κ1) is 34.9. The van der Waals surface area contributed by atoms with Crippen LogP contribution in [0.2, 0.25) is 0 Å². The topological polar surface area (TPSA) is 13.7 Å². The van der Waals surface area contributed by atoms with Crippen LogP contribution in [0.4, 0.5) is 0 Å². The molecule has 1 aliphatic heterocycles. The first-order valence-corrected chi connectivity index (χ1v) is 21.6. The predicted molar refractivity (Wildman–Crippen MR) is 225 cm³/mol. The van der Waals surface area contributed by atoms with Crippen LogP contribution in [0.1, 0.15) is 159 Å². The molecule has 6 aromatic rings. The van der Waals surface area contributed by atoms with Crippen LogP contribution in [0.15, 0.2) is 72.8 Å². The normalized spacial score (nSPS) is 22.5. The minimum Gasteiger partial charge on any atom is -0.344 e. The van der Waals surface area contributed by atoms with E-state index in [2.05, 4.69) is 128 Å². The Morgan fingerprint density at radius 3 is 2.13 bits per heavy atom. The van der Waals surface area contributed by atoms with Crippen LogP contribution in [-0.2, 0) is 24.4 Å². The molecule has 3 aliphatic rings. The molecule has 0 amide bonds. The summed E-state index contributed by atoms with van der Waals surface area (Å²) in [4.78, 5) is 0. The standard InChI is InChI=1S/C50H62N3/c1-7-10-21-34-30-31-41-39(32-34)46-44(51(41)6)33-38(35-22-13-11-14-23-35)47(45(46)36-24-15-12-16-25-36)52-42-28-19-20-29-43(42)53-48(52)37-26-17-18-27-40(37)49(4,8-2)50(53,5)9-3/h17-20,26-33,35-36H,7-16,21-25H2,1-6H3/q+1. The van der Waals surface area contributed by atoms with Gasteiger partial charge in [0.25, 0.3) is 5.82 Å². The first-order chi connectivity index (χ1) is 25.9. The largest absolute Gasteiger partial charge is 0.344 e. The number of rotatable bonds is 8. The molecule has 2 fully saturated rings. The number of fused-ring (bicyclic) bond motifs is 8. The van der Waals surface area contributed by atoms with E-state index in [-0.39, 0.29) is 11.0 Å². The van der Waals surface area contributed by atoms with Gasteiger partial charge >= 0.3 is 0 Å². The molecule has 2 atom stereocenters. The van der Waals surface area contributed by atoms with E-state index >= 15 is 0 Å². The molecule has 0 saturated heterocycles. The summed E-state index contributed by atoms with van der Waals surface area (Å²) >= 11 is 0. The van der Waals surface area contributed by atoms with Crippen molar-refractivity contribution in [3.63, 3.8) is 0 Å². The number of hydrogen-bond acceptors (Lipinski definition) is 0. The minimum absolute atomic E-state index is 0.00214. The molecule has 0 bridgehead atoms. The summed E-state index contributed by atoms with van der Waals surface area (Å²) in [6.45, 7) is 12.3. The van der Waals surface area contributed by atoms with E-state index in [4.69, 9.17) is 0 Å².